The number of morpholine rings is 1. The number of nitrogens with zero attached hydrogens (tertiary/aromatic N) is 4. The van der Waals surface area contributed by atoms with E-state index in [1.165, 1.54) is 0 Å². The van der Waals surface area contributed by atoms with Gasteiger partial charge in [0.2, 0.25) is 0 Å². The number of amides is 1. The number of rotatable bonds is 4. The SMILES string of the molecule is Cn1cc(C[C@@H]2[C@@H](N3CCOCC3)CCN2C(=O)c2ccco2)cn1. The number of furan rings is 1. The van der Waals surface area contributed by atoms with Gasteiger partial charge in [0.15, 0.2) is 5.76 Å². The van der Waals surface area contributed by atoms with Gasteiger partial charge in [-0.1, -0.05) is 0 Å². The van der Waals surface area contributed by atoms with E-state index in [0.29, 0.717) is 11.8 Å². The first-order valence-corrected chi connectivity index (χ1v) is 8.86. The molecule has 2 fully saturated rings. The second-order valence-corrected chi connectivity index (χ2v) is 6.77. The van der Waals surface area contributed by atoms with Gasteiger partial charge in [-0.15, -0.1) is 0 Å². The number of carbonyl (C=O) groups excluding carboxylic acids is 1. The summed E-state index contributed by atoms with van der Waals surface area (Å²) < 4.78 is 12.7. The second-order valence-electron chi connectivity index (χ2n) is 6.77. The van der Waals surface area contributed by atoms with E-state index in [9.17, 15) is 4.79 Å². The van der Waals surface area contributed by atoms with Gasteiger partial charge >= 0.3 is 0 Å². The quantitative estimate of drug-likeness (QED) is 0.833. The summed E-state index contributed by atoms with van der Waals surface area (Å²) in [6, 6.07) is 3.98. The van der Waals surface area contributed by atoms with Gasteiger partial charge in [-0.25, -0.2) is 0 Å². The van der Waals surface area contributed by atoms with Crippen LogP contribution in [-0.2, 0) is 18.2 Å². The number of aromatic nitrogens is 2. The zero-order valence-electron chi connectivity index (χ0n) is 14.5. The molecular weight excluding hydrogens is 320 g/mol. The number of carbonyl (C=O) groups is 1. The van der Waals surface area contributed by atoms with Gasteiger partial charge in [-0.05, 0) is 30.5 Å². The minimum absolute atomic E-state index is 0.0188. The van der Waals surface area contributed by atoms with E-state index in [1.807, 2.05) is 29.0 Å². The number of hydrogen-bond donors (Lipinski definition) is 0. The summed E-state index contributed by atoms with van der Waals surface area (Å²) in [5, 5.41) is 4.28. The van der Waals surface area contributed by atoms with E-state index in [-0.39, 0.29) is 11.9 Å². The molecule has 7 heteroatoms. The van der Waals surface area contributed by atoms with Gasteiger partial charge in [0.05, 0.1) is 31.7 Å². The monoisotopic (exact) mass is 344 g/mol. The molecule has 0 spiro atoms. The zero-order valence-corrected chi connectivity index (χ0v) is 14.5. The van der Waals surface area contributed by atoms with Crippen LogP contribution in [0.5, 0.6) is 0 Å². The lowest BCUT2D eigenvalue weighted by Gasteiger charge is -2.37. The Balaban J connectivity index is 1.57. The summed E-state index contributed by atoms with van der Waals surface area (Å²) >= 11 is 0. The third-order valence-corrected chi connectivity index (χ3v) is 5.22. The third-order valence-electron chi connectivity index (χ3n) is 5.22. The van der Waals surface area contributed by atoms with E-state index in [2.05, 4.69) is 10.00 Å². The van der Waals surface area contributed by atoms with Crippen LogP contribution in [-0.4, -0.2) is 70.4 Å². The van der Waals surface area contributed by atoms with Crippen LogP contribution >= 0.6 is 0 Å². The first kappa shape index (κ1) is 16.4. The van der Waals surface area contributed by atoms with Crippen molar-refractivity contribution in [3.05, 3.63) is 42.1 Å². The Kier molecular flexibility index (Phi) is 4.59. The van der Waals surface area contributed by atoms with Crippen LogP contribution in [0.1, 0.15) is 22.5 Å². The fraction of sp³-hybridized carbons (Fsp3) is 0.556. The smallest absolute Gasteiger partial charge is 0.289 e. The van der Waals surface area contributed by atoms with Crippen molar-refractivity contribution < 1.29 is 13.9 Å². The van der Waals surface area contributed by atoms with E-state index in [4.69, 9.17) is 9.15 Å². The average molecular weight is 344 g/mol. The molecule has 25 heavy (non-hydrogen) atoms. The maximum absolute atomic E-state index is 12.9. The predicted octanol–water partition coefficient (Wildman–Crippen LogP) is 1.17. The minimum atomic E-state index is -0.0188. The molecule has 0 unspecified atom stereocenters. The summed E-state index contributed by atoms with van der Waals surface area (Å²) in [7, 11) is 1.92. The van der Waals surface area contributed by atoms with Gasteiger partial charge < -0.3 is 14.1 Å². The summed E-state index contributed by atoms with van der Waals surface area (Å²) in [6.07, 6.45) is 7.27. The molecule has 1 amide bonds. The molecule has 0 radical (unpaired) electrons. The normalized spacial score (nSPS) is 24.8. The summed E-state index contributed by atoms with van der Waals surface area (Å²) in [6.45, 7) is 4.14. The highest BCUT2D eigenvalue weighted by molar-refractivity contribution is 5.92. The number of aryl methyl sites for hydroxylation is 1. The van der Waals surface area contributed by atoms with Crippen molar-refractivity contribution in [2.45, 2.75) is 24.9 Å². The van der Waals surface area contributed by atoms with Crippen LogP contribution in [0, 0.1) is 0 Å². The standard InChI is InChI=1S/C18H24N4O3/c1-20-13-14(12-19-20)11-16-15(21-6-9-24-10-7-21)4-5-22(16)18(23)17-3-2-8-25-17/h2-3,8,12-13,15-16H,4-7,9-11H2,1H3/t15-,16+/m0/s1. The van der Waals surface area contributed by atoms with E-state index < -0.39 is 0 Å². The summed E-state index contributed by atoms with van der Waals surface area (Å²) in [4.78, 5) is 17.4. The Hall–Kier alpha value is -2.12. The van der Waals surface area contributed by atoms with Gasteiger partial charge in [0.25, 0.3) is 5.91 Å². The van der Waals surface area contributed by atoms with E-state index in [0.717, 1.165) is 51.3 Å². The molecule has 2 aliphatic heterocycles. The van der Waals surface area contributed by atoms with Crippen LogP contribution in [0.3, 0.4) is 0 Å². The summed E-state index contributed by atoms with van der Waals surface area (Å²) in [5.41, 5.74) is 1.16. The molecule has 0 saturated carbocycles. The second kappa shape index (κ2) is 7.01. The third kappa shape index (κ3) is 3.34. The van der Waals surface area contributed by atoms with Crippen molar-refractivity contribution in [3.63, 3.8) is 0 Å². The van der Waals surface area contributed by atoms with Crippen LogP contribution in [0.15, 0.2) is 35.2 Å². The Morgan fingerprint density at radius 2 is 2.16 bits per heavy atom. The lowest BCUT2D eigenvalue weighted by atomic mass is 10.00. The van der Waals surface area contributed by atoms with Crippen molar-refractivity contribution in [1.82, 2.24) is 19.6 Å². The number of likely N-dealkylation sites (tertiary alicyclic amines) is 1. The molecule has 7 nitrogen and oxygen atoms in total. The maximum Gasteiger partial charge on any atom is 0.289 e. The van der Waals surface area contributed by atoms with Crippen LogP contribution in [0.2, 0.25) is 0 Å². The van der Waals surface area contributed by atoms with Crippen molar-refractivity contribution >= 4 is 5.91 Å². The average Bonchev–Trinajstić information content (AvgIpc) is 3.37. The number of ether oxygens (including phenoxy) is 1. The highest BCUT2D eigenvalue weighted by atomic mass is 16.5. The topological polar surface area (TPSA) is 63.7 Å². The van der Waals surface area contributed by atoms with Gasteiger partial charge in [0, 0.05) is 38.9 Å². The Morgan fingerprint density at radius 3 is 2.84 bits per heavy atom. The van der Waals surface area contributed by atoms with Crippen molar-refractivity contribution in [1.29, 1.82) is 0 Å². The van der Waals surface area contributed by atoms with Crippen molar-refractivity contribution in [2.75, 3.05) is 32.8 Å². The molecule has 2 aromatic rings. The molecule has 0 N–H and O–H groups in total. The van der Waals surface area contributed by atoms with Crippen LogP contribution in [0.25, 0.3) is 0 Å². The molecule has 4 rings (SSSR count). The van der Waals surface area contributed by atoms with Crippen LogP contribution in [0.4, 0.5) is 0 Å². The molecular formula is C18H24N4O3. The Morgan fingerprint density at radius 1 is 1.32 bits per heavy atom. The molecule has 0 bridgehead atoms. The fourth-order valence-electron chi connectivity index (χ4n) is 4.03. The Labute approximate surface area is 147 Å². The molecule has 2 atom stereocenters. The molecule has 2 aliphatic rings. The molecule has 134 valence electrons. The summed E-state index contributed by atoms with van der Waals surface area (Å²) in [5.74, 6) is 0.397. The Bertz CT molecular complexity index is 706. The highest BCUT2D eigenvalue weighted by Gasteiger charge is 2.41. The van der Waals surface area contributed by atoms with Crippen molar-refractivity contribution in [2.24, 2.45) is 7.05 Å². The first-order valence-electron chi connectivity index (χ1n) is 8.86. The first-order chi connectivity index (χ1) is 12.2. The largest absolute Gasteiger partial charge is 0.459 e. The molecule has 0 aromatic carbocycles. The van der Waals surface area contributed by atoms with Crippen LogP contribution < -0.4 is 0 Å². The molecule has 2 saturated heterocycles. The zero-order chi connectivity index (χ0) is 17.2. The van der Waals surface area contributed by atoms with Crippen molar-refractivity contribution in [3.8, 4) is 0 Å². The van der Waals surface area contributed by atoms with Gasteiger partial charge in [-0.2, -0.15) is 5.10 Å². The molecule has 0 aliphatic carbocycles. The predicted molar refractivity (Wildman–Crippen MR) is 91.2 cm³/mol. The lowest BCUT2D eigenvalue weighted by molar-refractivity contribution is 0.00840. The van der Waals surface area contributed by atoms with E-state index in [1.54, 1.807) is 18.4 Å². The maximum atomic E-state index is 12.9. The lowest BCUT2D eigenvalue weighted by Crippen LogP contribution is -2.51. The highest BCUT2D eigenvalue weighted by Crippen LogP contribution is 2.28. The molecule has 2 aromatic heterocycles. The number of hydrogen-bond acceptors (Lipinski definition) is 5. The van der Waals surface area contributed by atoms with Gasteiger partial charge in [0.1, 0.15) is 0 Å². The van der Waals surface area contributed by atoms with Gasteiger partial charge in [-0.3, -0.25) is 14.4 Å². The molecule has 4 heterocycles. The fourth-order valence-corrected chi connectivity index (χ4v) is 4.03. The minimum Gasteiger partial charge on any atom is -0.459 e. The van der Waals surface area contributed by atoms with E-state index >= 15 is 0 Å².